The predicted molar refractivity (Wildman–Crippen MR) is 163 cm³/mol. The Hall–Kier alpha value is -4.56. The van der Waals surface area contributed by atoms with Crippen LogP contribution in [0.15, 0.2) is 73.3 Å². The fourth-order valence-electron chi connectivity index (χ4n) is 4.31. The van der Waals surface area contributed by atoms with Gasteiger partial charge in [0.25, 0.3) is 0 Å². The molecule has 0 bridgehead atoms. The molecule has 4 rings (SSSR count). The van der Waals surface area contributed by atoms with Crippen molar-refractivity contribution in [3.05, 3.63) is 99.2 Å². The van der Waals surface area contributed by atoms with Crippen LogP contribution in [-0.2, 0) is 11.4 Å². The molecule has 3 aromatic carbocycles. The zero-order valence-corrected chi connectivity index (χ0v) is 24.4. The molecular formula is C33H33NO6S. The normalized spacial score (nSPS) is 12.6. The molecule has 8 heteroatoms. The second-order valence-electron chi connectivity index (χ2n) is 9.16. The van der Waals surface area contributed by atoms with Crippen LogP contribution in [0.5, 0.6) is 23.0 Å². The fourth-order valence-corrected chi connectivity index (χ4v) is 5.37. The summed E-state index contributed by atoms with van der Waals surface area (Å²) >= 11 is 1.58. The minimum atomic E-state index is -1.02. The van der Waals surface area contributed by atoms with E-state index in [0.29, 0.717) is 11.5 Å². The number of hydrogen-bond acceptors (Lipinski definition) is 7. The monoisotopic (exact) mass is 571 g/mol. The number of allylic oxidation sites excluding steroid dienone is 1. The summed E-state index contributed by atoms with van der Waals surface area (Å²) < 4.78 is 22.2. The molecule has 1 heterocycles. The molecule has 0 amide bonds. The molecule has 0 spiro atoms. The summed E-state index contributed by atoms with van der Waals surface area (Å²) in [4.78, 5) is 16.9. The first-order valence-electron chi connectivity index (χ1n) is 13.0. The summed E-state index contributed by atoms with van der Waals surface area (Å²) in [6.07, 6.45) is 6.17. The summed E-state index contributed by atoms with van der Waals surface area (Å²) in [7, 11) is 3.31. The average molecular weight is 572 g/mol. The highest BCUT2D eigenvalue weighted by Gasteiger charge is 2.19. The molecule has 7 nitrogen and oxygen atoms in total. The van der Waals surface area contributed by atoms with Crippen molar-refractivity contribution in [2.45, 2.75) is 26.4 Å². The number of benzene rings is 3. The van der Waals surface area contributed by atoms with Crippen molar-refractivity contribution in [2.75, 3.05) is 20.8 Å². The van der Waals surface area contributed by atoms with Gasteiger partial charge in [0.2, 0.25) is 0 Å². The Balaban J connectivity index is 1.68. The Morgan fingerprint density at radius 3 is 2.32 bits per heavy atom. The van der Waals surface area contributed by atoms with Gasteiger partial charge in [-0.2, -0.15) is 0 Å². The minimum Gasteiger partial charge on any atom is -0.497 e. The van der Waals surface area contributed by atoms with Crippen LogP contribution in [0.3, 0.4) is 0 Å². The van der Waals surface area contributed by atoms with Crippen LogP contribution in [-0.4, -0.2) is 36.9 Å². The van der Waals surface area contributed by atoms with E-state index in [-0.39, 0.29) is 12.5 Å². The van der Waals surface area contributed by atoms with E-state index in [4.69, 9.17) is 29.0 Å². The van der Waals surface area contributed by atoms with Gasteiger partial charge in [-0.25, -0.2) is 9.78 Å². The van der Waals surface area contributed by atoms with Gasteiger partial charge in [-0.15, -0.1) is 17.9 Å². The molecule has 0 aliphatic rings. The highest BCUT2D eigenvalue weighted by atomic mass is 32.1. The van der Waals surface area contributed by atoms with Crippen LogP contribution in [0.4, 0.5) is 0 Å². The Bertz CT molecular complexity index is 1640. The van der Waals surface area contributed by atoms with E-state index in [0.717, 1.165) is 48.6 Å². The van der Waals surface area contributed by atoms with Crippen molar-refractivity contribution in [3.63, 3.8) is 0 Å². The van der Waals surface area contributed by atoms with E-state index in [1.165, 1.54) is 0 Å². The second kappa shape index (κ2) is 13.7. The standard InChI is InChI=1S/C33H33NO6S/c1-6-22-18-27(38-5)13-10-25(22)17-23(7-2)33-32(24-8-11-26(37-4)12-9-24)34-30(41-33)19-39-28-14-15-29(21(3)16-28)40-20-31(35)36/h6-18,23H,2,19-20H2,1,3-5H3,(H,35,36)/b22-6-,25-17-. The van der Waals surface area contributed by atoms with Crippen LogP contribution >= 0.6 is 11.3 Å². The molecule has 1 unspecified atom stereocenters. The van der Waals surface area contributed by atoms with Crippen LogP contribution < -0.4 is 29.4 Å². The van der Waals surface area contributed by atoms with Crippen molar-refractivity contribution in [1.29, 1.82) is 0 Å². The Kier molecular flexibility index (Phi) is 9.81. The molecule has 1 aromatic heterocycles. The molecule has 0 aliphatic heterocycles. The van der Waals surface area contributed by atoms with Gasteiger partial charge in [0.15, 0.2) is 6.61 Å². The maximum absolute atomic E-state index is 10.8. The fraction of sp³-hybridized carbons (Fsp3) is 0.212. The first-order chi connectivity index (χ1) is 19.8. The topological polar surface area (TPSA) is 87.1 Å². The van der Waals surface area contributed by atoms with Crippen molar-refractivity contribution >= 4 is 29.5 Å². The number of aromatic nitrogens is 1. The molecule has 0 radical (unpaired) electrons. The smallest absolute Gasteiger partial charge is 0.341 e. The number of aliphatic carboxylic acids is 1. The van der Waals surface area contributed by atoms with Crippen molar-refractivity contribution in [3.8, 4) is 34.3 Å². The van der Waals surface area contributed by atoms with E-state index < -0.39 is 12.6 Å². The zero-order chi connectivity index (χ0) is 29.4. The zero-order valence-electron chi connectivity index (χ0n) is 23.5. The largest absolute Gasteiger partial charge is 0.497 e. The lowest BCUT2D eigenvalue weighted by Gasteiger charge is -2.10. The SMILES string of the molecule is C=CC(/C=c1/ccc(OC)c/c1=C/C)c1sc(COc2ccc(OCC(=O)O)c(C)c2)nc1-c1ccc(OC)cc1. The van der Waals surface area contributed by atoms with E-state index in [1.54, 1.807) is 37.7 Å². The van der Waals surface area contributed by atoms with Crippen molar-refractivity contribution in [1.82, 2.24) is 4.98 Å². The maximum Gasteiger partial charge on any atom is 0.341 e. The van der Waals surface area contributed by atoms with Crippen LogP contribution in [0.25, 0.3) is 23.4 Å². The second-order valence-corrected chi connectivity index (χ2v) is 10.3. The Labute approximate surface area is 243 Å². The molecule has 1 atom stereocenters. The molecule has 0 saturated carbocycles. The molecule has 41 heavy (non-hydrogen) atoms. The third kappa shape index (κ3) is 7.35. The van der Waals surface area contributed by atoms with Gasteiger partial charge in [-0.1, -0.05) is 24.3 Å². The van der Waals surface area contributed by atoms with Gasteiger partial charge in [0.05, 0.1) is 19.9 Å². The van der Waals surface area contributed by atoms with Crippen molar-refractivity contribution < 1.29 is 28.8 Å². The predicted octanol–water partition coefficient (Wildman–Crippen LogP) is 5.73. The van der Waals surface area contributed by atoms with Crippen LogP contribution in [0.1, 0.15) is 28.3 Å². The number of nitrogens with zero attached hydrogens (tertiary/aromatic N) is 1. The van der Waals surface area contributed by atoms with Crippen molar-refractivity contribution in [2.24, 2.45) is 0 Å². The Morgan fingerprint density at radius 2 is 1.68 bits per heavy atom. The number of hydrogen-bond donors (Lipinski definition) is 1. The molecule has 1 N–H and O–H groups in total. The van der Waals surface area contributed by atoms with E-state index in [1.807, 2.05) is 62.4 Å². The van der Waals surface area contributed by atoms with Gasteiger partial charge >= 0.3 is 5.97 Å². The lowest BCUT2D eigenvalue weighted by Crippen LogP contribution is -2.24. The molecular weight excluding hydrogens is 538 g/mol. The number of methoxy groups -OCH3 is 2. The van der Waals surface area contributed by atoms with Gasteiger partial charge in [0.1, 0.15) is 34.6 Å². The number of ether oxygens (including phenoxy) is 4. The minimum absolute atomic E-state index is 0.0987. The first-order valence-corrected chi connectivity index (χ1v) is 13.8. The highest BCUT2D eigenvalue weighted by Crippen LogP contribution is 2.37. The third-order valence-corrected chi connectivity index (χ3v) is 7.57. The van der Waals surface area contributed by atoms with E-state index >= 15 is 0 Å². The van der Waals surface area contributed by atoms with Gasteiger partial charge < -0.3 is 24.1 Å². The molecule has 4 aromatic rings. The lowest BCUT2D eigenvalue weighted by atomic mass is 10.00. The first kappa shape index (κ1) is 29.4. The number of thiazole rings is 1. The lowest BCUT2D eigenvalue weighted by molar-refractivity contribution is -0.139. The number of rotatable bonds is 12. The van der Waals surface area contributed by atoms with Crippen LogP contribution in [0.2, 0.25) is 0 Å². The van der Waals surface area contributed by atoms with Gasteiger partial charge in [0, 0.05) is 16.4 Å². The van der Waals surface area contributed by atoms with E-state index in [2.05, 4.69) is 24.8 Å². The molecule has 0 aliphatic carbocycles. The van der Waals surface area contributed by atoms with E-state index in [9.17, 15) is 4.79 Å². The number of carbonyl (C=O) groups is 1. The highest BCUT2D eigenvalue weighted by molar-refractivity contribution is 7.12. The summed E-state index contributed by atoms with van der Waals surface area (Å²) in [5, 5.41) is 11.8. The summed E-state index contributed by atoms with van der Waals surface area (Å²) in [5.74, 6) is 1.60. The molecule has 0 saturated heterocycles. The number of aryl methyl sites for hydroxylation is 1. The van der Waals surface area contributed by atoms with Gasteiger partial charge in [-0.3, -0.25) is 0 Å². The maximum atomic E-state index is 10.8. The summed E-state index contributed by atoms with van der Waals surface area (Å²) in [6, 6.07) is 19.2. The number of carboxylic acid groups (broad SMARTS) is 1. The molecule has 212 valence electrons. The van der Waals surface area contributed by atoms with Crippen LogP contribution in [0, 0.1) is 6.92 Å². The Morgan fingerprint density at radius 1 is 0.976 bits per heavy atom. The average Bonchev–Trinajstić information content (AvgIpc) is 3.42. The summed E-state index contributed by atoms with van der Waals surface area (Å²) in [6.45, 7) is 7.87. The quantitative estimate of drug-likeness (QED) is 0.217. The third-order valence-electron chi connectivity index (χ3n) is 6.44. The molecule has 0 fully saturated rings. The summed E-state index contributed by atoms with van der Waals surface area (Å²) in [5.41, 5.74) is 2.62. The van der Waals surface area contributed by atoms with Gasteiger partial charge in [-0.05, 0) is 84.4 Å². The number of carboxylic acids is 1.